The van der Waals surface area contributed by atoms with E-state index in [1.807, 2.05) is 27.7 Å². The summed E-state index contributed by atoms with van der Waals surface area (Å²) in [6, 6.07) is 0. The fourth-order valence-electron chi connectivity index (χ4n) is 3.96. The summed E-state index contributed by atoms with van der Waals surface area (Å²) in [6.07, 6.45) is 1.22. The van der Waals surface area contributed by atoms with E-state index in [2.05, 4.69) is 0 Å². The van der Waals surface area contributed by atoms with Gasteiger partial charge in [0.05, 0.1) is 132 Å². The standard InChI is InChI=1S/C21H44O9.C6H14O3.C5H10O2.C5H9O2/c1-5-21(15-28-12-18(2,6-22)7-23,16-29-13-19(3,8-24)9-25)17-30-14-20(4,10-26)11-27;1-2-6(3-7,4-8)5-9;2*1-5(2-6)3-7-4-5/h22-27H,5-17H2,1-4H3;7-9H,2-5H2,1H3;6H,2-4H2,1H3;2-4H2,1H3/q;;;-1. The van der Waals surface area contributed by atoms with Gasteiger partial charge in [0.25, 0.3) is 0 Å². The summed E-state index contributed by atoms with van der Waals surface area (Å²) in [4.78, 5) is 0. The van der Waals surface area contributed by atoms with Crippen LogP contribution >= 0.6 is 0 Å². The first-order valence-corrected chi connectivity index (χ1v) is 18.4. The van der Waals surface area contributed by atoms with Gasteiger partial charge in [-0.3, -0.25) is 0 Å². The molecular weight excluding hydrogens is 700 g/mol. The van der Waals surface area contributed by atoms with Gasteiger partial charge in [-0.2, -0.15) is 0 Å². The molecule has 0 bridgehead atoms. The van der Waals surface area contributed by atoms with Gasteiger partial charge in [0.15, 0.2) is 0 Å². The largest absolute Gasteiger partial charge is 0.854 e. The van der Waals surface area contributed by atoms with Crippen LogP contribution in [0.1, 0.15) is 61.3 Å². The van der Waals surface area contributed by atoms with Crippen molar-refractivity contribution in [3.05, 3.63) is 0 Å². The Morgan fingerprint density at radius 3 is 0.849 bits per heavy atom. The summed E-state index contributed by atoms with van der Waals surface area (Å²) in [5.41, 5.74) is -3.44. The molecule has 2 aliphatic heterocycles. The van der Waals surface area contributed by atoms with Crippen molar-refractivity contribution in [2.45, 2.75) is 61.3 Å². The molecule has 0 aliphatic carbocycles. The SMILES string of the molecule is CC1(CO)COC1.CC1(C[O-])COC1.CCC(CO)(CO)CO.CCC(COCC(C)(CO)CO)(COCC(C)(CO)CO)COCC(C)(CO)CO. The summed E-state index contributed by atoms with van der Waals surface area (Å²) < 4.78 is 27.2. The highest BCUT2D eigenvalue weighted by molar-refractivity contribution is 4.82. The van der Waals surface area contributed by atoms with Crippen molar-refractivity contribution in [3.63, 3.8) is 0 Å². The van der Waals surface area contributed by atoms with Crippen LogP contribution in [0.15, 0.2) is 0 Å². The van der Waals surface area contributed by atoms with Gasteiger partial charge in [0.1, 0.15) is 0 Å². The second kappa shape index (κ2) is 27.1. The van der Waals surface area contributed by atoms with Crippen LogP contribution in [0.3, 0.4) is 0 Å². The van der Waals surface area contributed by atoms with Gasteiger partial charge in [-0.05, 0) is 18.3 Å². The third-order valence-electron chi connectivity index (χ3n) is 9.91. The fraction of sp³-hybridized carbons (Fsp3) is 1.00. The van der Waals surface area contributed by atoms with Crippen LogP contribution in [0.2, 0.25) is 0 Å². The molecular formula is C37H77O16-. The van der Waals surface area contributed by atoms with Crippen LogP contribution in [-0.4, -0.2) is 190 Å². The van der Waals surface area contributed by atoms with Crippen molar-refractivity contribution < 1.29 is 79.9 Å². The summed E-state index contributed by atoms with van der Waals surface area (Å²) >= 11 is 0. The van der Waals surface area contributed by atoms with Gasteiger partial charge in [0.2, 0.25) is 0 Å². The van der Waals surface area contributed by atoms with Crippen molar-refractivity contribution in [2.24, 2.45) is 37.9 Å². The second-order valence-corrected chi connectivity index (χ2v) is 16.9. The van der Waals surface area contributed by atoms with E-state index in [0.29, 0.717) is 26.1 Å². The number of rotatable bonds is 25. The average Bonchev–Trinajstić information content (AvgIpc) is 3.17. The van der Waals surface area contributed by atoms with E-state index in [1.54, 1.807) is 20.8 Å². The summed E-state index contributed by atoms with van der Waals surface area (Å²) in [5.74, 6) is 0. The predicted octanol–water partition coefficient (Wildman–Crippen LogP) is -1.84. The molecule has 0 saturated carbocycles. The van der Waals surface area contributed by atoms with Gasteiger partial charge >= 0.3 is 0 Å². The van der Waals surface area contributed by atoms with Crippen LogP contribution in [0.4, 0.5) is 0 Å². The third-order valence-corrected chi connectivity index (χ3v) is 9.91. The molecule has 0 spiro atoms. The van der Waals surface area contributed by atoms with E-state index < -0.39 is 27.1 Å². The highest BCUT2D eigenvalue weighted by atomic mass is 16.5. The first kappa shape index (κ1) is 54.5. The second-order valence-electron chi connectivity index (χ2n) is 16.9. The van der Waals surface area contributed by atoms with Gasteiger partial charge in [0, 0.05) is 32.5 Å². The lowest BCUT2D eigenvalue weighted by Crippen LogP contribution is -2.46. The molecule has 0 aromatic carbocycles. The van der Waals surface area contributed by atoms with Gasteiger partial charge in [-0.15, -0.1) is 6.61 Å². The fourth-order valence-corrected chi connectivity index (χ4v) is 3.96. The zero-order valence-electron chi connectivity index (χ0n) is 33.7. The average molecular weight is 778 g/mol. The Bertz CT molecular complexity index is 759. The van der Waals surface area contributed by atoms with E-state index >= 15 is 0 Å². The molecule has 322 valence electrons. The smallest absolute Gasteiger partial charge is 0.0566 e. The van der Waals surface area contributed by atoms with E-state index in [4.69, 9.17) is 44.1 Å². The minimum atomic E-state index is -0.764. The van der Waals surface area contributed by atoms with Gasteiger partial charge in [-0.25, -0.2) is 0 Å². The topological polar surface area (TPSA) is 272 Å². The first-order valence-electron chi connectivity index (χ1n) is 18.4. The molecule has 2 heterocycles. The Balaban J connectivity index is 0. The molecule has 53 heavy (non-hydrogen) atoms. The first-order chi connectivity index (χ1) is 24.8. The molecule has 16 heteroatoms. The van der Waals surface area contributed by atoms with Crippen LogP contribution in [0.5, 0.6) is 0 Å². The molecule has 0 aromatic heterocycles. The summed E-state index contributed by atoms with van der Waals surface area (Å²) in [6.45, 7) is 15.3. The third kappa shape index (κ3) is 20.4. The van der Waals surface area contributed by atoms with Crippen molar-refractivity contribution in [1.82, 2.24) is 0 Å². The molecule has 10 N–H and O–H groups in total. The number of aliphatic hydroxyl groups is 10. The zero-order chi connectivity index (χ0) is 41.3. The van der Waals surface area contributed by atoms with Gasteiger partial charge < -0.3 is 79.9 Å². The highest BCUT2D eigenvalue weighted by Crippen LogP contribution is 2.29. The Hall–Kier alpha value is -0.640. The van der Waals surface area contributed by atoms with E-state index in [0.717, 1.165) is 13.2 Å². The Labute approximate surface area is 317 Å². The number of hydrogen-bond donors (Lipinski definition) is 10. The normalized spacial score (nSPS) is 16.9. The van der Waals surface area contributed by atoms with Crippen LogP contribution in [0.25, 0.3) is 0 Å². The maximum absolute atomic E-state index is 10.2. The number of hydrogen-bond acceptors (Lipinski definition) is 16. The lowest BCUT2D eigenvalue weighted by atomic mass is 9.87. The molecule has 2 saturated heterocycles. The maximum atomic E-state index is 10.2. The predicted molar refractivity (Wildman–Crippen MR) is 196 cm³/mol. The van der Waals surface area contributed by atoms with E-state index in [9.17, 15) is 35.7 Å². The molecule has 0 radical (unpaired) electrons. The minimum absolute atomic E-state index is 0.00694. The van der Waals surface area contributed by atoms with E-state index in [-0.39, 0.29) is 123 Å². The Morgan fingerprint density at radius 1 is 0.472 bits per heavy atom. The maximum Gasteiger partial charge on any atom is 0.0566 e. The van der Waals surface area contributed by atoms with Gasteiger partial charge in [-0.1, -0.05) is 48.5 Å². The highest BCUT2D eigenvalue weighted by Gasteiger charge is 2.35. The lowest BCUT2D eigenvalue weighted by Gasteiger charge is -2.40. The monoisotopic (exact) mass is 778 g/mol. The molecule has 16 nitrogen and oxygen atoms in total. The van der Waals surface area contributed by atoms with Crippen LogP contribution in [-0.2, 0) is 23.7 Å². The van der Waals surface area contributed by atoms with Crippen molar-refractivity contribution in [2.75, 3.05) is 139 Å². The molecule has 2 aliphatic rings. The Kier molecular flexibility index (Phi) is 27.8. The Morgan fingerprint density at radius 2 is 0.755 bits per heavy atom. The molecule has 0 unspecified atom stereocenters. The summed E-state index contributed by atoms with van der Waals surface area (Å²) in [5, 5.41) is 101. The molecule has 2 fully saturated rings. The van der Waals surface area contributed by atoms with Crippen molar-refractivity contribution >= 4 is 0 Å². The number of aliphatic hydroxyl groups excluding tert-OH is 10. The number of ether oxygens (including phenoxy) is 5. The molecule has 0 atom stereocenters. The molecule has 2 rings (SSSR count). The van der Waals surface area contributed by atoms with Crippen molar-refractivity contribution in [3.8, 4) is 0 Å². The van der Waals surface area contributed by atoms with Crippen molar-refractivity contribution in [1.29, 1.82) is 0 Å². The van der Waals surface area contributed by atoms with Crippen LogP contribution < -0.4 is 5.11 Å². The molecule has 0 aromatic rings. The lowest BCUT2D eigenvalue weighted by molar-refractivity contribution is -0.408. The summed E-state index contributed by atoms with van der Waals surface area (Å²) in [7, 11) is 0. The molecule has 0 amide bonds. The van der Waals surface area contributed by atoms with Crippen LogP contribution in [0, 0.1) is 37.9 Å². The quantitative estimate of drug-likeness (QED) is 0.0488. The minimum Gasteiger partial charge on any atom is -0.854 e. The zero-order valence-corrected chi connectivity index (χ0v) is 33.7. The van der Waals surface area contributed by atoms with E-state index in [1.165, 1.54) is 0 Å².